The first kappa shape index (κ1) is 14.7. The molecule has 3 rings (SSSR count). The number of nitrogens with one attached hydrogen (secondary N) is 2. The van der Waals surface area contributed by atoms with Crippen molar-refractivity contribution in [1.29, 1.82) is 0 Å². The monoisotopic (exact) mass is 319 g/mol. The van der Waals surface area contributed by atoms with Crippen LogP contribution in [0.1, 0.15) is 13.8 Å². The minimum absolute atomic E-state index is 0.0811. The van der Waals surface area contributed by atoms with Crippen molar-refractivity contribution in [2.24, 2.45) is 0 Å². The summed E-state index contributed by atoms with van der Waals surface area (Å²) in [4.78, 5) is 19.0. The van der Waals surface area contributed by atoms with Gasteiger partial charge in [-0.3, -0.25) is 4.79 Å². The molecule has 2 aromatic heterocycles. The van der Waals surface area contributed by atoms with E-state index >= 15 is 0 Å². The van der Waals surface area contributed by atoms with E-state index in [1.807, 2.05) is 13.8 Å². The highest BCUT2D eigenvalue weighted by atomic mass is 32.2. The Morgan fingerprint density at radius 2 is 2.23 bits per heavy atom. The Kier molecular flexibility index (Phi) is 3.93. The third kappa shape index (κ3) is 3.01. The number of hydrogen-bond acceptors (Lipinski definition) is 5. The normalized spacial score (nSPS) is 11.5. The highest BCUT2D eigenvalue weighted by molar-refractivity contribution is 7.99. The van der Waals surface area contributed by atoms with Gasteiger partial charge in [-0.2, -0.15) is 0 Å². The Bertz CT molecular complexity index is 848. The summed E-state index contributed by atoms with van der Waals surface area (Å²) >= 11 is 1.21. The molecule has 22 heavy (non-hydrogen) atoms. The number of carbonyl (C=O) groups excluding carboxylic acids is 1. The van der Waals surface area contributed by atoms with Crippen molar-refractivity contribution in [2.45, 2.75) is 25.0 Å². The second-order valence-electron chi connectivity index (χ2n) is 5.12. The SMILES string of the molecule is CC(C)NC(=O)CSc1nnc2c(n1)[nH]c1ccc(F)cc12. The van der Waals surface area contributed by atoms with Crippen molar-refractivity contribution in [3.05, 3.63) is 24.0 Å². The molecule has 0 aliphatic carbocycles. The average Bonchev–Trinajstić information content (AvgIpc) is 2.81. The number of nitrogens with zero attached hydrogens (tertiary/aromatic N) is 3. The van der Waals surface area contributed by atoms with Crippen LogP contribution in [0.2, 0.25) is 0 Å². The summed E-state index contributed by atoms with van der Waals surface area (Å²) in [6.07, 6.45) is 0. The summed E-state index contributed by atoms with van der Waals surface area (Å²) < 4.78 is 13.3. The molecule has 0 saturated heterocycles. The van der Waals surface area contributed by atoms with Crippen molar-refractivity contribution in [2.75, 3.05) is 5.75 Å². The van der Waals surface area contributed by atoms with Gasteiger partial charge in [0, 0.05) is 16.9 Å². The molecule has 1 amide bonds. The van der Waals surface area contributed by atoms with E-state index in [0.29, 0.717) is 21.7 Å². The Balaban J connectivity index is 1.84. The van der Waals surface area contributed by atoms with Crippen LogP contribution in [0.15, 0.2) is 23.4 Å². The number of aromatic nitrogens is 4. The van der Waals surface area contributed by atoms with Gasteiger partial charge in [-0.1, -0.05) is 11.8 Å². The van der Waals surface area contributed by atoms with Crippen LogP contribution in [0.4, 0.5) is 4.39 Å². The fourth-order valence-electron chi connectivity index (χ4n) is 2.08. The first-order chi connectivity index (χ1) is 10.5. The molecule has 0 unspecified atom stereocenters. The summed E-state index contributed by atoms with van der Waals surface area (Å²) in [5, 5.41) is 11.9. The second kappa shape index (κ2) is 5.88. The third-order valence-electron chi connectivity index (χ3n) is 2.94. The third-order valence-corrected chi connectivity index (χ3v) is 3.78. The molecule has 8 heteroatoms. The summed E-state index contributed by atoms with van der Waals surface area (Å²) in [5.74, 6) is -0.193. The van der Waals surface area contributed by atoms with Crippen LogP contribution in [-0.4, -0.2) is 37.9 Å². The molecule has 114 valence electrons. The predicted molar refractivity (Wildman–Crippen MR) is 83.2 cm³/mol. The van der Waals surface area contributed by atoms with Crippen LogP contribution in [0.25, 0.3) is 22.1 Å². The average molecular weight is 319 g/mol. The molecular weight excluding hydrogens is 305 g/mol. The maximum Gasteiger partial charge on any atom is 0.230 e. The Labute approximate surface area is 129 Å². The van der Waals surface area contributed by atoms with Crippen LogP contribution in [0, 0.1) is 5.82 Å². The Hall–Kier alpha value is -2.22. The van der Waals surface area contributed by atoms with Crippen molar-refractivity contribution < 1.29 is 9.18 Å². The molecule has 6 nitrogen and oxygen atoms in total. The van der Waals surface area contributed by atoms with E-state index < -0.39 is 0 Å². The van der Waals surface area contributed by atoms with Crippen molar-refractivity contribution >= 4 is 39.7 Å². The lowest BCUT2D eigenvalue weighted by Gasteiger charge is -2.06. The van der Waals surface area contributed by atoms with Crippen molar-refractivity contribution in [3.8, 4) is 0 Å². The molecule has 2 N–H and O–H groups in total. The van der Waals surface area contributed by atoms with E-state index in [1.54, 1.807) is 6.07 Å². The minimum Gasteiger partial charge on any atom is -0.353 e. The number of rotatable bonds is 4. The smallest absolute Gasteiger partial charge is 0.230 e. The molecule has 0 aliphatic heterocycles. The van der Waals surface area contributed by atoms with Gasteiger partial charge in [0.05, 0.1) is 5.75 Å². The molecule has 0 saturated carbocycles. The maximum atomic E-state index is 13.3. The quantitative estimate of drug-likeness (QED) is 0.721. The van der Waals surface area contributed by atoms with Gasteiger partial charge < -0.3 is 10.3 Å². The zero-order valence-corrected chi connectivity index (χ0v) is 12.9. The Morgan fingerprint density at radius 3 is 3.00 bits per heavy atom. The lowest BCUT2D eigenvalue weighted by molar-refractivity contribution is -0.119. The number of fused-ring (bicyclic) bond motifs is 3. The van der Waals surface area contributed by atoms with Crippen LogP contribution >= 0.6 is 11.8 Å². The molecule has 3 aromatic rings. The largest absolute Gasteiger partial charge is 0.353 e. The van der Waals surface area contributed by atoms with Gasteiger partial charge in [-0.25, -0.2) is 9.37 Å². The zero-order chi connectivity index (χ0) is 15.7. The standard InChI is InChI=1S/C14H14FN5OS/c1-7(2)16-11(21)6-22-14-18-13-12(19-20-14)9-5-8(15)3-4-10(9)17-13/h3-5,7H,6H2,1-2H3,(H,16,21)(H,17,18,20). The van der Waals surface area contributed by atoms with E-state index in [2.05, 4.69) is 25.5 Å². The fraction of sp³-hybridized carbons (Fsp3) is 0.286. The van der Waals surface area contributed by atoms with Crippen LogP contribution in [-0.2, 0) is 4.79 Å². The number of H-pyrrole nitrogens is 1. The van der Waals surface area contributed by atoms with E-state index in [4.69, 9.17) is 0 Å². The van der Waals surface area contributed by atoms with Gasteiger partial charge in [-0.15, -0.1) is 10.2 Å². The van der Waals surface area contributed by atoms with Crippen LogP contribution < -0.4 is 5.32 Å². The molecule has 0 bridgehead atoms. The van der Waals surface area contributed by atoms with E-state index in [-0.39, 0.29) is 23.5 Å². The van der Waals surface area contributed by atoms with E-state index in [0.717, 1.165) is 5.52 Å². The zero-order valence-electron chi connectivity index (χ0n) is 12.1. The Morgan fingerprint density at radius 1 is 1.41 bits per heavy atom. The maximum absolute atomic E-state index is 13.3. The minimum atomic E-state index is -0.334. The van der Waals surface area contributed by atoms with E-state index in [1.165, 1.54) is 23.9 Å². The van der Waals surface area contributed by atoms with Gasteiger partial charge in [0.1, 0.15) is 11.3 Å². The molecule has 1 aromatic carbocycles. The highest BCUT2D eigenvalue weighted by Crippen LogP contribution is 2.24. The van der Waals surface area contributed by atoms with Crippen molar-refractivity contribution in [3.63, 3.8) is 0 Å². The van der Waals surface area contributed by atoms with E-state index in [9.17, 15) is 9.18 Å². The van der Waals surface area contributed by atoms with Gasteiger partial charge in [0.2, 0.25) is 11.1 Å². The summed E-state index contributed by atoms with van der Waals surface area (Å²) in [6.45, 7) is 3.80. The molecule has 0 atom stereocenters. The summed E-state index contributed by atoms with van der Waals surface area (Å²) in [6, 6.07) is 4.50. The highest BCUT2D eigenvalue weighted by Gasteiger charge is 2.11. The fourth-order valence-corrected chi connectivity index (χ4v) is 2.68. The van der Waals surface area contributed by atoms with Crippen molar-refractivity contribution in [1.82, 2.24) is 25.5 Å². The molecule has 0 radical (unpaired) electrons. The number of thioether (sulfide) groups is 1. The van der Waals surface area contributed by atoms with Gasteiger partial charge in [0.15, 0.2) is 5.65 Å². The number of halogens is 1. The lowest BCUT2D eigenvalue weighted by Crippen LogP contribution is -2.31. The molecule has 0 fully saturated rings. The van der Waals surface area contributed by atoms with Gasteiger partial charge >= 0.3 is 0 Å². The van der Waals surface area contributed by atoms with Gasteiger partial charge in [0.25, 0.3) is 0 Å². The van der Waals surface area contributed by atoms with Gasteiger partial charge in [-0.05, 0) is 32.0 Å². The number of hydrogen-bond donors (Lipinski definition) is 2. The molecule has 0 spiro atoms. The lowest BCUT2D eigenvalue weighted by atomic mass is 10.2. The van der Waals surface area contributed by atoms with Crippen LogP contribution in [0.5, 0.6) is 0 Å². The summed E-state index contributed by atoms with van der Waals surface area (Å²) in [5.41, 5.74) is 1.80. The second-order valence-corrected chi connectivity index (χ2v) is 6.06. The molecular formula is C14H14FN5OS. The first-order valence-electron chi connectivity index (χ1n) is 6.77. The number of amides is 1. The summed E-state index contributed by atoms with van der Waals surface area (Å²) in [7, 11) is 0. The molecule has 2 heterocycles. The number of aromatic amines is 1. The number of carbonyl (C=O) groups is 1. The van der Waals surface area contributed by atoms with Crippen LogP contribution in [0.3, 0.4) is 0 Å². The predicted octanol–water partition coefficient (Wildman–Crippen LogP) is 2.26. The molecule has 0 aliphatic rings. The topological polar surface area (TPSA) is 83.6 Å². The first-order valence-corrected chi connectivity index (χ1v) is 7.75. The number of benzene rings is 1.